The molecule has 1 aliphatic heterocycles. The van der Waals surface area contributed by atoms with E-state index in [0.717, 1.165) is 28.9 Å². The summed E-state index contributed by atoms with van der Waals surface area (Å²) in [4.78, 5) is 28.2. The van der Waals surface area contributed by atoms with Crippen LogP contribution in [0.25, 0.3) is 11.3 Å². The number of aromatic nitrogens is 3. The molecule has 2 N–H and O–H groups in total. The number of aryl methyl sites for hydroxylation is 2. The Morgan fingerprint density at radius 3 is 3.08 bits per heavy atom. The second-order valence-corrected chi connectivity index (χ2v) is 6.85. The molecule has 2 aromatic heterocycles. The smallest absolute Gasteiger partial charge is 0.260 e. The summed E-state index contributed by atoms with van der Waals surface area (Å²) in [6.07, 6.45) is 4.48. The van der Waals surface area contributed by atoms with Crippen molar-refractivity contribution >= 4 is 34.0 Å². The lowest BCUT2D eigenvalue weighted by atomic mass is 9.99. The van der Waals surface area contributed by atoms with Crippen LogP contribution < -0.4 is 10.6 Å². The van der Waals surface area contributed by atoms with Crippen LogP contribution in [0.1, 0.15) is 29.3 Å². The van der Waals surface area contributed by atoms with E-state index in [1.54, 1.807) is 17.1 Å². The minimum Gasteiger partial charge on any atom is -0.326 e. The van der Waals surface area contributed by atoms with E-state index in [9.17, 15) is 9.59 Å². The normalized spacial score (nSPS) is 13.2. The minimum atomic E-state index is -0.223. The Bertz CT molecular complexity index is 991. The second kappa shape index (κ2) is 6.72. The Morgan fingerprint density at radius 2 is 2.27 bits per heavy atom. The maximum atomic E-state index is 12.3. The van der Waals surface area contributed by atoms with Crippen LogP contribution in [0, 0.1) is 0 Å². The van der Waals surface area contributed by atoms with Gasteiger partial charge in [0, 0.05) is 35.8 Å². The first-order valence-corrected chi connectivity index (χ1v) is 9.23. The molecule has 8 heteroatoms. The highest BCUT2D eigenvalue weighted by Crippen LogP contribution is 2.30. The first-order chi connectivity index (χ1) is 12.6. The van der Waals surface area contributed by atoms with Crippen LogP contribution in [0.2, 0.25) is 0 Å². The van der Waals surface area contributed by atoms with Gasteiger partial charge in [-0.25, -0.2) is 4.98 Å². The largest absolute Gasteiger partial charge is 0.326 e. The van der Waals surface area contributed by atoms with E-state index < -0.39 is 0 Å². The van der Waals surface area contributed by atoms with E-state index in [4.69, 9.17) is 0 Å². The number of nitrogens with one attached hydrogen (secondary N) is 2. The second-order valence-electron chi connectivity index (χ2n) is 6.00. The highest BCUT2D eigenvalue weighted by molar-refractivity contribution is 7.14. The van der Waals surface area contributed by atoms with E-state index in [1.807, 2.05) is 30.5 Å². The summed E-state index contributed by atoms with van der Waals surface area (Å²) in [5, 5.41) is 12.2. The van der Waals surface area contributed by atoms with Crippen LogP contribution in [0.3, 0.4) is 0 Å². The van der Waals surface area contributed by atoms with Crippen molar-refractivity contribution in [2.75, 3.05) is 10.6 Å². The Kier molecular flexibility index (Phi) is 4.26. The van der Waals surface area contributed by atoms with Crippen molar-refractivity contribution in [1.29, 1.82) is 0 Å². The number of fused-ring (bicyclic) bond motifs is 1. The predicted octanol–water partition coefficient (Wildman–Crippen LogP) is 3.16. The van der Waals surface area contributed by atoms with Crippen LogP contribution in [0.15, 0.2) is 36.0 Å². The van der Waals surface area contributed by atoms with Crippen LogP contribution >= 0.6 is 11.3 Å². The average Bonchev–Trinajstić information content (AvgIpc) is 3.30. The Balaban J connectivity index is 1.51. The summed E-state index contributed by atoms with van der Waals surface area (Å²) in [5.41, 5.74) is 4.24. The van der Waals surface area contributed by atoms with E-state index in [1.165, 1.54) is 11.3 Å². The fourth-order valence-electron chi connectivity index (χ4n) is 2.83. The number of nitrogens with zero attached hydrogens (tertiary/aromatic N) is 3. The zero-order valence-electron chi connectivity index (χ0n) is 14.2. The summed E-state index contributed by atoms with van der Waals surface area (Å²) in [7, 11) is 0. The van der Waals surface area contributed by atoms with Crippen LogP contribution in [0.4, 0.5) is 10.8 Å². The number of hydrogen-bond donors (Lipinski definition) is 2. The molecular formula is C18H17N5O2S. The van der Waals surface area contributed by atoms with Gasteiger partial charge in [-0.2, -0.15) is 5.10 Å². The number of benzene rings is 1. The number of hydrogen-bond acceptors (Lipinski definition) is 5. The third kappa shape index (κ3) is 3.23. The van der Waals surface area contributed by atoms with Gasteiger partial charge in [-0.15, -0.1) is 11.3 Å². The molecular weight excluding hydrogens is 350 g/mol. The Hall–Kier alpha value is -3.00. The van der Waals surface area contributed by atoms with Gasteiger partial charge < -0.3 is 5.32 Å². The molecule has 1 aliphatic rings. The standard InChI is InChI=1S/C18H17N5O2S/c1-2-23-9-13(8-19-23)17(25)22-18-21-15(10-26-18)12-3-5-14-11(7-12)4-6-16(24)20-14/h3,5,7-10H,2,4,6H2,1H3,(H,20,24)(H,21,22,25). The van der Waals surface area contributed by atoms with Gasteiger partial charge in [0.25, 0.3) is 5.91 Å². The molecule has 0 unspecified atom stereocenters. The van der Waals surface area contributed by atoms with Crippen molar-refractivity contribution in [2.24, 2.45) is 0 Å². The third-order valence-corrected chi connectivity index (χ3v) is 5.00. The van der Waals surface area contributed by atoms with E-state index in [2.05, 4.69) is 20.7 Å². The molecule has 2 amide bonds. The van der Waals surface area contributed by atoms with Crippen molar-refractivity contribution in [2.45, 2.75) is 26.3 Å². The van der Waals surface area contributed by atoms with Crippen LogP contribution in [-0.2, 0) is 17.8 Å². The molecule has 3 aromatic rings. The summed E-state index contributed by atoms with van der Waals surface area (Å²) in [6.45, 7) is 2.68. The first kappa shape index (κ1) is 16.5. The van der Waals surface area contributed by atoms with Gasteiger partial charge in [-0.05, 0) is 31.0 Å². The SMILES string of the molecule is CCn1cc(C(=O)Nc2nc(-c3ccc4c(c3)CCC(=O)N4)cs2)cn1. The van der Waals surface area contributed by atoms with E-state index in [0.29, 0.717) is 23.7 Å². The maximum absolute atomic E-state index is 12.3. The first-order valence-electron chi connectivity index (χ1n) is 8.35. The van der Waals surface area contributed by atoms with Gasteiger partial charge >= 0.3 is 0 Å². The minimum absolute atomic E-state index is 0.0512. The van der Waals surface area contributed by atoms with Crippen LogP contribution in [-0.4, -0.2) is 26.6 Å². The number of rotatable bonds is 4. The fraction of sp³-hybridized carbons (Fsp3) is 0.222. The number of thiazole rings is 1. The molecule has 3 heterocycles. The number of amides is 2. The van der Waals surface area contributed by atoms with Gasteiger partial charge in [-0.3, -0.25) is 19.6 Å². The molecule has 7 nitrogen and oxygen atoms in total. The monoisotopic (exact) mass is 367 g/mol. The lowest BCUT2D eigenvalue weighted by Gasteiger charge is -2.17. The van der Waals surface area contributed by atoms with Gasteiger partial charge in [0.05, 0.1) is 17.5 Å². The molecule has 0 aliphatic carbocycles. The van der Waals surface area contributed by atoms with Crippen molar-refractivity contribution in [3.63, 3.8) is 0 Å². The van der Waals surface area contributed by atoms with Gasteiger partial charge in [-0.1, -0.05) is 6.07 Å². The molecule has 4 rings (SSSR count). The predicted molar refractivity (Wildman–Crippen MR) is 100 cm³/mol. The van der Waals surface area contributed by atoms with Crippen molar-refractivity contribution in [1.82, 2.24) is 14.8 Å². The summed E-state index contributed by atoms with van der Waals surface area (Å²) in [6, 6.07) is 5.87. The van der Waals surface area contributed by atoms with Gasteiger partial charge in [0.2, 0.25) is 5.91 Å². The average molecular weight is 367 g/mol. The van der Waals surface area contributed by atoms with Gasteiger partial charge in [0.1, 0.15) is 0 Å². The Morgan fingerprint density at radius 1 is 1.38 bits per heavy atom. The molecule has 132 valence electrons. The highest BCUT2D eigenvalue weighted by Gasteiger charge is 2.16. The molecule has 0 saturated heterocycles. The topological polar surface area (TPSA) is 88.9 Å². The van der Waals surface area contributed by atoms with E-state index in [-0.39, 0.29) is 11.8 Å². The molecule has 0 atom stereocenters. The highest BCUT2D eigenvalue weighted by atomic mass is 32.1. The zero-order chi connectivity index (χ0) is 18.1. The molecule has 0 saturated carbocycles. The molecule has 0 radical (unpaired) electrons. The van der Waals surface area contributed by atoms with Gasteiger partial charge in [0.15, 0.2) is 5.13 Å². The number of carbonyl (C=O) groups excluding carboxylic acids is 2. The molecule has 0 fully saturated rings. The van der Waals surface area contributed by atoms with Crippen molar-refractivity contribution in [3.05, 3.63) is 47.1 Å². The van der Waals surface area contributed by atoms with Crippen molar-refractivity contribution in [3.8, 4) is 11.3 Å². The molecule has 26 heavy (non-hydrogen) atoms. The Labute approximate surface area is 154 Å². The maximum Gasteiger partial charge on any atom is 0.260 e. The molecule has 1 aromatic carbocycles. The molecule has 0 spiro atoms. The van der Waals surface area contributed by atoms with Crippen LogP contribution in [0.5, 0.6) is 0 Å². The van der Waals surface area contributed by atoms with E-state index >= 15 is 0 Å². The lowest BCUT2D eigenvalue weighted by molar-refractivity contribution is -0.116. The summed E-state index contributed by atoms with van der Waals surface area (Å²) < 4.78 is 1.70. The quantitative estimate of drug-likeness (QED) is 0.741. The number of carbonyl (C=O) groups is 2. The number of anilines is 2. The molecule has 0 bridgehead atoms. The summed E-state index contributed by atoms with van der Waals surface area (Å²) in [5.74, 6) is -0.172. The summed E-state index contributed by atoms with van der Waals surface area (Å²) >= 11 is 1.38. The fourth-order valence-corrected chi connectivity index (χ4v) is 3.54. The zero-order valence-corrected chi connectivity index (χ0v) is 15.0. The third-order valence-electron chi connectivity index (χ3n) is 4.24. The lowest BCUT2D eigenvalue weighted by Crippen LogP contribution is -2.18. The van der Waals surface area contributed by atoms with Crippen molar-refractivity contribution < 1.29 is 9.59 Å².